The first-order chi connectivity index (χ1) is 3.13. The van der Waals surface area contributed by atoms with Gasteiger partial charge in [-0.05, 0) is 0 Å². The molecule has 5 nitrogen and oxygen atoms in total. The van der Waals surface area contributed by atoms with E-state index in [1.165, 1.54) is 5.32 Å². The molecule has 0 atom stereocenters. The van der Waals surface area contributed by atoms with Crippen LogP contribution in [0, 0.1) is 0 Å². The van der Waals surface area contributed by atoms with E-state index in [0.29, 0.717) is 0 Å². The largest absolute Gasteiger partial charge is 0.465 e. The predicted octanol–water partition coefficient (Wildman–Crippen LogP) is -1.48. The zero-order chi connectivity index (χ0) is 5.86. The molecule has 0 rings (SSSR count). The lowest BCUT2D eigenvalue weighted by molar-refractivity contribution is -0.0595. The van der Waals surface area contributed by atoms with Gasteiger partial charge in [0.2, 0.25) is 6.41 Å². The summed E-state index contributed by atoms with van der Waals surface area (Å²) in [5.74, 6) is 0. The first-order valence-corrected chi connectivity index (χ1v) is 1.48. The molecular weight excluding hydrogens is 102 g/mol. The molecule has 0 aromatic carbocycles. The smallest absolute Gasteiger partial charge is 0.408 e. The van der Waals surface area contributed by atoms with Crippen LogP contribution in [0.15, 0.2) is 0 Å². The maximum absolute atomic E-state index is 9.38. The minimum Gasteiger partial charge on any atom is -0.465 e. The molecule has 0 saturated heterocycles. The Morgan fingerprint density at radius 1 is 1.57 bits per heavy atom. The average Bonchev–Trinajstić information content (AvgIpc) is 1.27. The molecule has 0 unspecified atom stereocenters. The number of aliphatic hydroxyl groups is 2. The Kier molecular flexibility index (Phi) is 2.10. The lowest BCUT2D eigenvalue weighted by atomic mass is 11.0. The molecule has 0 bridgehead atoms. The third-order valence-electron chi connectivity index (χ3n) is 0.253. The SMILES string of the molecule is O=C(O)NC(O)O. The van der Waals surface area contributed by atoms with Gasteiger partial charge in [-0.15, -0.1) is 0 Å². The molecule has 0 aromatic heterocycles. The highest BCUT2D eigenvalue weighted by Gasteiger charge is 1.97. The van der Waals surface area contributed by atoms with E-state index < -0.39 is 12.5 Å². The van der Waals surface area contributed by atoms with Crippen molar-refractivity contribution < 1.29 is 20.1 Å². The van der Waals surface area contributed by atoms with Gasteiger partial charge in [0.25, 0.3) is 0 Å². The van der Waals surface area contributed by atoms with E-state index in [9.17, 15) is 4.79 Å². The number of carbonyl (C=O) groups is 1. The zero-order valence-corrected chi connectivity index (χ0v) is 3.33. The van der Waals surface area contributed by atoms with Gasteiger partial charge in [-0.3, -0.25) is 5.32 Å². The van der Waals surface area contributed by atoms with E-state index in [4.69, 9.17) is 15.3 Å². The van der Waals surface area contributed by atoms with Gasteiger partial charge < -0.3 is 15.3 Å². The van der Waals surface area contributed by atoms with Crippen molar-refractivity contribution in [2.75, 3.05) is 0 Å². The number of carboxylic acid groups (broad SMARTS) is 1. The molecule has 0 fully saturated rings. The second kappa shape index (κ2) is 2.38. The summed E-state index contributed by atoms with van der Waals surface area (Å²) in [5, 5.41) is 24.6. The van der Waals surface area contributed by atoms with Crippen molar-refractivity contribution in [3.05, 3.63) is 0 Å². The van der Waals surface area contributed by atoms with Gasteiger partial charge in [0, 0.05) is 0 Å². The Labute approximate surface area is 39.2 Å². The highest BCUT2D eigenvalue weighted by Crippen LogP contribution is 1.63. The quantitative estimate of drug-likeness (QED) is 0.308. The van der Waals surface area contributed by atoms with Crippen LogP contribution in [-0.4, -0.2) is 27.8 Å². The van der Waals surface area contributed by atoms with Crippen molar-refractivity contribution in [1.82, 2.24) is 5.32 Å². The fourth-order valence-electron chi connectivity index (χ4n) is 0.110. The van der Waals surface area contributed by atoms with Crippen LogP contribution in [0.1, 0.15) is 0 Å². The van der Waals surface area contributed by atoms with Gasteiger partial charge in [-0.1, -0.05) is 0 Å². The van der Waals surface area contributed by atoms with Gasteiger partial charge in [0.15, 0.2) is 0 Å². The van der Waals surface area contributed by atoms with Crippen molar-refractivity contribution in [2.24, 2.45) is 0 Å². The fraction of sp³-hybridized carbons (Fsp3) is 0.500. The fourth-order valence-corrected chi connectivity index (χ4v) is 0.110. The van der Waals surface area contributed by atoms with Crippen LogP contribution < -0.4 is 5.32 Å². The molecule has 0 heterocycles. The van der Waals surface area contributed by atoms with E-state index >= 15 is 0 Å². The first-order valence-electron chi connectivity index (χ1n) is 1.48. The van der Waals surface area contributed by atoms with Crippen LogP contribution in [0.25, 0.3) is 0 Å². The van der Waals surface area contributed by atoms with Crippen LogP contribution in [0.2, 0.25) is 0 Å². The highest BCUT2D eigenvalue weighted by molar-refractivity contribution is 5.64. The maximum atomic E-state index is 9.38. The summed E-state index contributed by atoms with van der Waals surface area (Å²) in [5.41, 5.74) is 0. The van der Waals surface area contributed by atoms with Crippen LogP contribution in [0.4, 0.5) is 4.79 Å². The van der Waals surface area contributed by atoms with Crippen LogP contribution in [0.3, 0.4) is 0 Å². The van der Waals surface area contributed by atoms with Gasteiger partial charge >= 0.3 is 6.09 Å². The van der Waals surface area contributed by atoms with Gasteiger partial charge in [-0.2, -0.15) is 0 Å². The van der Waals surface area contributed by atoms with Crippen molar-refractivity contribution in [3.8, 4) is 0 Å². The zero-order valence-electron chi connectivity index (χ0n) is 3.33. The van der Waals surface area contributed by atoms with Crippen LogP contribution >= 0.6 is 0 Å². The van der Waals surface area contributed by atoms with E-state index in [2.05, 4.69) is 0 Å². The number of hydrogen-bond acceptors (Lipinski definition) is 3. The Morgan fingerprint density at radius 2 is 2.00 bits per heavy atom. The molecule has 42 valence electrons. The first kappa shape index (κ1) is 6.19. The Balaban J connectivity index is 3.13. The molecule has 5 heteroatoms. The minimum atomic E-state index is -1.97. The monoisotopic (exact) mass is 107 g/mol. The van der Waals surface area contributed by atoms with Crippen molar-refractivity contribution in [2.45, 2.75) is 6.41 Å². The van der Waals surface area contributed by atoms with Gasteiger partial charge in [0.05, 0.1) is 0 Å². The number of aliphatic hydroxyl groups excluding tert-OH is 1. The highest BCUT2D eigenvalue weighted by atomic mass is 16.5. The van der Waals surface area contributed by atoms with Gasteiger partial charge in [0.1, 0.15) is 0 Å². The third kappa shape index (κ3) is 5.19. The normalized spacial score (nSPS) is 9.00. The lowest BCUT2D eigenvalue weighted by Gasteiger charge is -1.98. The molecule has 0 radical (unpaired) electrons. The molecular formula is C2H5NO4. The maximum Gasteiger partial charge on any atom is 0.408 e. The summed E-state index contributed by atoms with van der Waals surface area (Å²) >= 11 is 0. The lowest BCUT2D eigenvalue weighted by Crippen LogP contribution is -2.32. The minimum absolute atomic E-state index is 1.33. The second-order valence-corrected chi connectivity index (χ2v) is 0.823. The molecule has 0 aliphatic rings. The van der Waals surface area contributed by atoms with Crippen LogP contribution in [0.5, 0.6) is 0 Å². The van der Waals surface area contributed by atoms with E-state index in [1.807, 2.05) is 0 Å². The second-order valence-electron chi connectivity index (χ2n) is 0.823. The molecule has 0 aromatic rings. The third-order valence-corrected chi connectivity index (χ3v) is 0.253. The summed E-state index contributed by atoms with van der Waals surface area (Å²) in [6, 6.07) is 0. The summed E-state index contributed by atoms with van der Waals surface area (Å²) in [6.07, 6.45) is -3.44. The molecule has 1 amide bonds. The Bertz CT molecular complexity index is 70.1. The number of hydrogen-bond donors (Lipinski definition) is 4. The molecule has 0 aliphatic carbocycles. The van der Waals surface area contributed by atoms with Crippen molar-refractivity contribution in [1.29, 1.82) is 0 Å². The molecule has 0 saturated carbocycles. The Hall–Kier alpha value is -0.810. The molecule has 4 N–H and O–H groups in total. The standard InChI is InChI=1S/C2H5NO4/c4-1(5)3-2(6)7/h1,3-5H,(H,6,7). The van der Waals surface area contributed by atoms with E-state index in [-0.39, 0.29) is 0 Å². The molecule has 0 aliphatic heterocycles. The predicted molar refractivity (Wildman–Crippen MR) is 19.4 cm³/mol. The van der Waals surface area contributed by atoms with E-state index in [1.54, 1.807) is 0 Å². The summed E-state index contributed by atoms with van der Waals surface area (Å²) in [6.45, 7) is 0. The Morgan fingerprint density at radius 3 is 2.00 bits per heavy atom. The summed E-state index contributed by atoms with van der Waals surface area (Å²) < 4.78 is 0. The summed E-state index contributed by atoms with van der Waals surface area (Å²) in [4.78, 5) is 9.38. The van der Waals surface area contributed by atoms with Crippen LogP contribution in [-0.2, 0) is 0 Å². The number of rotatable bonds is 1. The topological polar surface area (TPSA) is 89.8 Å². The van der Waals surface area contributed by atoms with E-state index in [0.717, 1.165) is 0 Å². The summed E-state index contributed by atoms with van der Waals surface area (Å²) in [7, 11) is 0. The van der Waals surface area contributed by atoms with Gasteiger partial charge in [-0.25, -0.2) is 4.79 Å². The number of amides is 1. The molecule has 0 spiro atoms. The van der Waals surface area contributed by atoms with Crippen molar-refractivity contribution >= 4 is 6.09 Å². The number of nitrogens with one attached hydrogen (secondary N) is 1. The molecule has 7 heavy (non-hydrogen) atoms. The van der Waals surface area contributed by atoms with Crippen molar-refractivity contribution in [3.63, 3.8) is 0 Å². The average molecular weight is 107 g/mol.